The van der Waals surface area contributed by atoms with Crippen LogP contribution >= 0.6 is 15.9 Å². The fourth-order valence-electron chi connectivity index (χ4n) is 2.04. The summed E-state index contributed by atoms with van der Waals surface area (Å²) in [4.78, 5) is 29.6. The first-order valence-corrected chi connectivity index (χ1v) is 8.37. The number of nitrogens with zero attached hydrogens (tertiary/aromatic N) is 2. The molecule has 1 heterocycles. The molecule has 25 heavy (non-hydrogen) atoms. The van der Waals surface area contributed by atoms with Crippen molar-refractivity contribution in [3.8, 4) is 0 Å². The predicted octanol–water partition coefficient (Wildman–Crippen LogP) is 2.88. The Balaban J connectivity index is 1.72. The summed E-state index contributed by atoms with van der Waals surface area (Å²) >= 11 is 3.27. The third kappa shape index (κ3) is 6.98. The molecule has 0 fully saturated rings. The van der Waals surface area contributed by atoms with E-state index in [1.165, 1.54) is 18.2 Å². The van der Waals surface area contributed by atoms with E-state index in [2.05, 4.69) is 31.5 Å². The number of hydrogen-bond donors (Lipinski definition) is 2. The molecule has 0 aliphatic carbocycles. The van der Waals surface area contributed by atoms with Crippen LogP contribution in [-0.2, 0) is 9.59 Å². The number of carbonyl (C=O) groups excluding carboxylic acids is 2. The molecule has 0 aliphatic heterocycles. The van der Waals surface area contributed by atoms with Gasteiger partial charge in [-0.1, -0.05) is 6.07 Å². The summed E-state index contributed by atoms with van der Waals surface area (Å²) in [6.07, 6.45) is 1.78. The highest BCUT2D eigenvalue weighted by Crippen LogP contribution is 2.11. The van der Waals surface area contributed by atoms with Crippen LogP contribution in [0.4, 0.5) is 15.9 Å². The summed E-state index contributed by atoms with van der Waals surface area (Å²) in [6, 6.07) is 9.17. The zero-order chi connectivity index (χ0) is 18.2. The van der Waals surface area contributed by atoms with Gasteiger partial charge in [0.25, 0.3) is 0 Å². The van der Waals surface area contributed by atoms with Gasteiger partial charge in [0.15, 0.2) is 0 Å². The fourth-order valence-corrected chi connectivity index (χ4v) is 2.27. The SMILES string of the molecule is CN(CCC(=O)Nc1cccc(F)c1)CC(=O)Nc1ccc(Br)cn1. The highest BCUT2D eigenvalue weighted by Gasteiger charge is 2.10. The van der Waals surface area contributed by atoms with E-state index in [1.807, 2.05) is 0 Å². The molecule has 0 saturated carbocycles. The molecule has 1 aromatic carbocycles. The maximum atomic E-state index is 13.1. The number of rotatable bonds is 7. The third-order valence-electron chi connectivity index (χ3n) is 3.24. The predicted molar refractivity (Wildman–Crippen MR) is 97.7 cm³/mol. The minimum atomic E-state index is -0.409. The van der Waals surface area contributed by atoms with Gasteiger partial charge in [0.1, 0.15) is 11.6 Å². The molecule has 0 atom stereocenters. The second-order valence-electron chi connectivity index (χ2n) is 5.46. The summed E-state index contributed by atoms with van der Waals surface area (Å²) in [5.74, 6) is -0.408. The molecule has 2 amide bonds. The first-order valence-electron chi connectivity index (χ1n) is 7.58. The van der Waals surface area contributed by atoms with E-state index in [1.54, 1.807) is 36.3 Å². The van der Waals surface area contributed by atoms with Gasteiger partial charge >= 0.3 is 0 Å². The maximum absolute atomic E-state index is 13.1. The van der Waals surface area contributed by atoms with Crippen LogP contribution in [0.3, 0.4) is 0 Å². The average molecular weight is 409 g/mol. The van der Waals surface area contributed by atoms with E-state index in [0.717, 1.165) is 4.47 Å². The molecule has 2 N–H and O–H groups in total. The van der Waals surface area contributed by atoms with Crippen LogP contribution in [0.1, 0.15) is 6.42 Å². The van der Waals surface area contributed by atoms with Crippen LogP contribution in [0, 0.1) is 5.82 Å². The highest BCUT2D eigenvalue weighted by molar-refractivity contribution is 9.10. The van der Waals surface area contributed by atoms with Crippen molar-refractivity contribution in [1.82, 2.24) is 9.88 Å². The largest absolute Gasteiger partial charge is 0.326 e. The van der Waals surface area contributed by atoms with E-state index in [0.29, 0.717) is 18.1 Å². The number of hydrogen-bond acceptors (Lipinski definition) is 4. The Morgan fingerprint density at radius 1 is 1.20 bits per heavy atom. The Labute approximate surface area is 153 Å². The molecule has 2 aromatic rings. The van der Waals surface area contributed by atoms with Gasteiger partial charge in [0, 0.05) is 29.3 Å². The van der Waals surface area contributed by atoms with Crippen molar-refractivity contribution >= 4 is 39.2 Å². The van der Waals surface area contributed by atoms with Crippen LogP contribution in [0.15, 0.2) is 47.1 Å². The minimum absolute atomic E-state index is 0.130. The normalized spacial score (nSPS) is 10.6. The van der Waals surface area contributed by atoms with Gasteiger partial charge in [0.05, 0.1) is 6.54 Å². The molecule has 0 aliphatic rings. The van der Waals surface area contributed by atoms with Crippen molar-refractivity contribution < 1.29 is 14.0 Å². The fraction of sp³-hybridized carbons (Fsp3) is 0.235. The zero-order valence-electron chi connectivity index (χ0n) is 13.6. The molecular weight excluding hydrogens is 391 g/mol. The number of pyridine rings is 1. The monoisotopic (exact) mass is 408 g/mol. The third-order valence-corrected chi connectivity index (χ3v) is 3.71. The zero-order valence-corrected chi connectivity index (χ0v) is 15.2. The number of aromatic nitrogens is 1. The van der Waals surface area contributed by atoms with E-state index in [-0.39, 0.29) is 24.8 Å². The lowest BCUT2D eigenvalue weighted by molar-refractivity contribution is -0.119. The Kier molecular flexibility index (Phi) is 7.03. The van der Waals surface area contributed by atoms with Crippen molar-refractivity contribution in [3.63, 3.8) is 0 Å². The number of likely N-dealkylation sites (N-methyl/N-ethyl adjacent to an activating group) is 1. The van der Waals surface area contributed by atoms with Crippen molar-refractivity contribution in [3.05, 3.63) is 52.9 Å². The molecule has 8 heteroatoms. The van der Waals surface area contributed by atoms with Crippen LogP contribution in [0.2, 0.25) is 0 Å². The molecule has 1 aromatic heterocycles. The first kappa shape index (κ1) is 19.0. The van der Waals surface area contributed by atoms with Crippen LogP contribution in [-0.4, -0.2) is 41.8 Å². The molecule has 0 spiro atoms. The molecule has 0 bridgehead atoms. The lowest BCUT2D eigenvalue weighted by Crippen LogP contribution is -2.32. The second kappa shape index (κ2) is 9.24. The summed E-state index contributed by atoms with van der Waals surface area (Å²) in [5, 5.41) is 5.29. The lowest BCUT2D eigenvalue weighted by Gasteiger charge is -2.16. The molecule has 0 unspecified atom stereocenters. The molecular formula is C17H18BrFN4O2. The summed E-state index contributed by atoms with van der Waals surface area (Å²) < 4.78 is 13.9. The molecule has 0 saturated heterocycles. The Hall–Kier alpha value is -2.32. The van der Waals surface area contributed by atoms with Gasteiger partial charge in [-0.15, -0.1) is 0 Å². The van der Waals surface area contributed by atoms with Crippen LogP contribution < -0.4 is 10.6 Å². The Bertz CT molecular complexity index is 740. The van der Waals surface area contributed by atoms with Crippen molar-refractivity contribution in [2.24, 2.45) is 0 Å². The topological polar surface area (TPSA) is 74.3 Å². The van der Waals surface area contributed by atoms with E-state index < -0.39 is 5.82 Å². The number of benzene rings is 1. The Morgan fingerprint density at radius 2 is 2.00 bits per heavy atom. The number of nitrogens with one attached hydrogen (secondary N) is 2. The van der Waals surface area contributed by atoms with E-state index in [4.69, 9.17) is 0 Å². The van der Waals surface area contributed by atoms with Gasteiger partial charge < -0.3 is 10.6 Å². The minimum Gasteiger partial charge on any atom is -0.326 e. The van der Waals surface area contributed by atoms with Gasteiger partial charge in [0.2, 0.25) is 11.8 Å². The molecule has 2 rings (SSSR count). The van der Waals surface area contributed by atoms with Crippen molar-refractivity contribution in [2.75, 3.05) is 30.8 Å². The summed E-state index contributed by atoms with van der Waals surface area (Å²) in [5.41, 5.74) is 0.409. The maximum Gasteiger partial charge on any atom is 0.239 e. The van der Waals surface area contributed by atoms with Crippen molar-refractivity contribution in [2.45, 2.75) is 6.42 Å². The van der Waals surface area contributed by atoms with Gasteiger partial charge in [-0.3, -0.25) is 14.5 Å². The molecule has 6 nitrogen and oxygen atoms in total. The summed E-state index contributed by atoms with van der Waals surface area (Å²) in [6.45, 7) is 0.521. The smallest absolute Gasteiger partial charge is 0.239 e. The van der Waals surface area contributed by atoms with Crippen molar-refractivity contribution in [1.29, 1.82) is 0 Å². The number of halogens is 2. The average Bonchev–Trinajstić information content (AvgIpc) is 2.55. The van der Waals surface area contributed by atoms with E-state index in [9.17, 15) is 14.0 Å². The summed E-state index contributed by atoms with van der Waals surface area (Å²) in [7, 11) is 1.74. The second-order valence-corrected chi connectivity index (χ2v) is 6.37. The lowest BCUT2D eigenvalue weighted by atomic mass is 10.3. The quantitative estimate of drug-likeness (QED) is 0.738. The van der Waals surface area contributed by atoms with Gasteiger partial charge in [-0.2, -0.15) is 0 Å². The van der Waals surface area contributed by atoms with E-state index >= 15 is 0 Å². The molecule has 0 radical (unpaired) electrons. The number of amides is 2. The number of carbonyl (C=O) groups is 2. The highest BCUT2D eigenvalue weighted by atomic mass is 79.9. The van der Waals surface area contributed by atoms with Crippen LogP contribution in [0.5, 0.6) is 0 Å². The standard InChI is InChI=1S/C17H18BrFN4O2/c1-23(11-17(25)22-15-6-5-12(18)10-20-15)8-7-16(24)21-14-4-2-3-13(19)9-14/h2-6,9-10H,7-8,11H2,1H3,(H,21,24)(H,20,22,25). The number of anilines is 2. The molecule has 132 valence electrons. The van der Waals surface area contributed by atoms with Gasteiger partial charge in [-0.25, -0.2) is 9.37 Å². The first-order chi connectivity index (χ1) is 11.9. The Morgan fingerprint density at radius 3 is 2.68 bits per heavy atom. The van der Waals surface area contributed by atoms with Gasteiger partial charge in [-0.05, 0) is 53.3 Å². The van der Waals surface area contributed by atoms with Crippen LogP contribution in [0.25, 0.3) is 0 Å².